The summed E-state index contributed by atoms with van der Waals surface area (Å²) in [5.41, 5.74) is 1.49. The molecule has 0 saturated carbocycles. The second-order valence-electron chi connectivity index (χ2n) is 4.98. The predicted molar refractivity (Wildman–Crippen MR) is 74.5 cm³/mol. The highest BCUT2D eigenvalue weighted by Gasteiger charge is 2.10. The minimum atomic E-state index is -0.0946. The summed E-state index contributed by atoms with van der Waals surface area (Å²) in [5, 5.41) is 2.64. The number of Topliss-reactive ketones (excluding diaryl/α,β-unsaturated/α-hetero) is 1. The minimum Gasteiger partial charge on any atom is -0.496 e. The van der Waals surface area contributed by atoms with Crippen molar-refractivity contribution in [1.29, 1.82) is 0 Å². The van der Waals surface area contributed by atoms with Crippen LogP contribution in [0.5, 0.6) is 5.75 Å². The molecule has 0 heterocycles. The first-order chi connectivity index (χ1) is 8.93. The van der Waals surface area contributed by atoms with Gasteiger partial charge < -0.3 is 10.1 Å². The Morgan fingerprint density at radius 2 is 2.00 bits per heavy atom. The number of hydrogen-bond donors (Lipinski definition) is 1. The quantitative estimate of drug-likeness (QED) is 0.801. The highest BCUT2D eigenvalue weighted by atomic mass is 16.5. The van der Waals surface area contributed by atoms with Crippen LogP contribution in [-0.2, 0) is 4.79 Å². The lowest BCUT2D eigenvalue weighted by Gasteiger charge is -2.08. The van der Waals surface area contributed by atoms with E-state index in [0.29, 0.717) is 17.9 Å². The zero-order valence-electron chi connectivity index (χ0n) is 11.9. The molecule has 4 nitrogen and oxygen atoms in total. The lowest BCUT2D eigenvalue weighted by Crippen LogP contribution is -2.30. The molecule has 0 spiro atoms. The molecule has 1 N–H and O–H groups in total. The Balaban J connectivity index is 2.59. The van der Waals surface area contributed by atoms with Gasteiger partial charge in [-0.3, -0.25) is 9.59 Å². The van der Waals surface area contributed by atoms with E-state index in [1.54, 1.807) is 25.3 Å². The molecule has 0 saturated heterocycles. The third-order valence-electron chi connectivity index (χ3n) is 2.76. The van der Waals surface area contributed by atoms with E-state index in [-0.39, 0.29) is 18.2 Å². The zero-order valence-corrected chi connectivity index (χ0v) is 11.9. The van der Waals surface area contributed by atoms with Crippen LogP contribution in [0, 0.1) is 12.8 Å². The van der Waals surface area contributed by atoms with Gasteiger partial charge in [0.2, 0.25) is 5.91 Å². The molecule has 0 aromatic heterocycles. The number of nitrogens with one attached hydrogen (secondary N) is 1. The number of ketones is 1. The Kier molecular flexibility index (Phi) is 5.55. The summed E-state index contributed by atoms with van der Waals surface area (Å²) >= 11 is 0. The van der Waals surface area contributed by atoms with Crippen molar-refractivity contribution in [2.45, 2.75) is 27.2 Å². The van der Waals surface area contributed by atoms with Gasteiger partial charge in [0.1, 0.15) is 5.75 Å². The Morgan fingerprint density at radius 3 is 2.53 bits per heavy atom. The maximum Gasteiger partial charge on any atom is 0.220 e. The van der Waals surface area contributed by atoms with Crippen molar-refractivity contribution in [3.63, 3.8) is 0 Å². The average Bonchev–Trinajstić information content (AvgIpc) is 2.35. The van der Waals surface area contributed by atoms with Crippen molar-refractivity contribution < 1.29 is 14.3 Å². The minimum absolute atomic E-state index is 0.0390. The molecule has 1 aromatic rings. The summed E-state index contributed by atoms with van der Waals surface area (Å²) in [7, 11) is 1.59. The molecular weight excluding hydrogens is 242 g/mol. The molecule has 1 amide bonds. The third-order valence-corrected chi connectivity index (χ3v) is 2.76. The van der Waals surface area contributed by atoms with Crippen LogP contribution in [0.15, 0.2) is 18.2 Å². The van der Waals surface area contributed by atoms with E-state index in [9.17, 15) is 9.59 Å². The van der Waals surface area contributed by atoms with Crippen LogP contribution in [0.3, 0.4) is 0 Å². The Hall–Kier alpha value is -1.84. The van der Waals surface area contributed by atoms with Gasteiger partial charge in [0.05, 0.1) is 13.7 Å². The van der Waals surface area contributed by atoms with Crippen LogP contribution in [0.4, 0.5) is 0 Å². The molecule has 0 aliphatic rings. The molecule has 0 atom stereocenters. The lowest BCUT2D eigenvalue weighted by atomic mass is 10.1. The maximum absolute atomic E-state index is 11.9. The fraction of sp³-hybridized carbons (Fsp3) is 0.467. The number of rotatable bonds is 6. The van der Waals surface area contributed by atoms with Crippen molar-refractivity contribution in [3.05, 3.63) is 29.3 Å². The van der Waals surface area contributed by atoms with Crippen LogP contribution in [-0.4, -0.2) is 25.3 Å². The van der Waals surface area contributed by atoms with Gasteiger partial charge in [0, 0.05) is 12.0 Å². The van der Waals surface area contributed by atoms with E-state index in [1.165, 1.54) is 0 Å². The lowest BCUT2D eigenvalue weighted by molar-refractivity contribution is -0.121. The summed E-state index contributed by atoms with van der Waals surface area (Å²) in [6.45, 7) is 5.85. The molecule has 0 unspecified atom stereocenters. The normalized spacial score (nSPS) is 10.4. The SMILES string of the molecule is COc1ccc(C(=O)CNC(=O)CC(C)C)cc1C. The highest BCUT2D eigenvalue weighted by molar-refractivity contribution is 5.99. The standard InChI is InChI=1S/C15H21NO3/c1-10(2)7-15(18)16-9-13(17)12-5-6-14(19-4)11(3)8-12/h5-6,8,10H,7,9H2,1-4H3,(H,16,18). The number of hydrogen-bond acceptors (Lipinski definition) is 3. The maximum atomic E-state index is 11.9. The van der Waals surface area contributed by atoms with Crippen LogP contribution in [0.25, 0.3) is 0 Å². The van der Waals surface area contributed by atoms with E-state index in [0.717, 1.165) is 11.3 Å². The number of methoxy groups -OCH3 is 1. The molecule has 1 aromatic carbocycles. The molecule has 0 fully saturated rings. The van der Waals surface area contributed by atoms with E-state index in [4.69, 9.17) is 4.74 Å². The van der Waals surface area contributed by atoms with Crippen LogP contribution in [0.2, 0.25) is 0 Å². The summed E-state index contributed by atoms with van der Waals surface area (Å²) in [5.74, 6) is 0.857. The van der Waals surface area contributed by atoms with E-state index in [2.05, 4.69) is 5.32 Å². The van der Waals surface area contributed by atoms with Crippen molar-refractivity contribution in [2.24, 2.45) is 5.92 Å². The number of benzene rings is 1. The van der Waals surface area contributed by atoms with E-state index >= 15 is 0 Å². The molecule has 104 valence electrons. The second-order valence-corrected chi connectivity index (χ2v) is 4.98. The van der Waals surface area contributed by atoms with E-state index < -0.39 is 0 Å². The van der Waals surface area contributed by atoms with Crippen molar-refractivity contribution in [1.82, 2.24) is 5.32 Å². The van der Waals surface area contributed by atoms with Crippen LogP contribution < -0.4 is 10.1 Å². The molecule has 0 aliphatic carbocycles. The van der Waals surface area contributed by atoms with Gasteiger partial charge in [-0.25, -0.2) is 0 Å². The van der Waals surface area contributed by atoms with Gasteiger partial charge in [0.15, 0.2) is 5.78 Å². The van der Waals surface area contributed by atoms with Crippen molar-refractivity contribution >= 4 is 11.7 Å². The van der Waals surface area contributed by atoms with Crippen LogP contribution >= 0.6 is 0 Å². The first kappa shape index (κ1) is 15.2. The van der Waals surface area contributed by atoms with Gasteiger partial charge in [-0.05, 0) is 36.6 Å². The van der Waals surface area contributed by atoms with Crippen molar-refractivity contribution in [2.75, 3.05) is 13.7 Å². The number of carbonyl (C=O) groups is 2. The zero-order chi connectivity index (χ0) is 14.4. The highest BCUT2D eigenvalue weighted by Crippen LogP contribution is 2.18. The summed E-state index contributed by atoms with van der Waals surface area (Å²) in [6, 6.07) is 5.25. The van der Waals surface area contributed by atoms with Gasteiger partial charge in [-0.2, -0.15) is 0 Å². The topological polar surface area (TPSA) is 55.4 Å². The van der Waals surface area contributed by atoms with E-state index in [1.807, 2.05) is 20.8 Å². The number of ether oxygens (including phenoxy) is 1. The first-order valence-corrected chi connectivity index (χ1v) is 6.38. The fourth-order valence-electron chi connectivity index (χ4n) is 1.78. The fourth-order valence-corrected chi connectivity index (χ4v) is 1.78. The Labute approximate surface area is 114 Å². The largest absolute Gasteiger partial charge is 0.496 e. The van der Waals surface area contributed by atoms with Crippen LogP contribution in [0.1, 0.15) is 36.2 Å². The number of carbonyl (C=O) groups excluding carboxylic acids is 2. The van der Waals surface area contributed by atoms with Gasteiger partial charge in [-0.1, -0.05) is 13.8 Å². The average molecular weight is 263 g/mol. The smallest absolute Gasteiger partial charge is 0.220 e. The number of aryl methyl sites for hydroxylation is 1. The number of amides is 1. The molecule has 19 heavy (non-hydrogen) atoms. The first-order valence-electron chi connectivity index (χ1n) is 6.38. The molecule has 1 rings (SSSR count). The molecular formula is C15H21NO3. The van der Waals surface area contributed by atoms with Gasteiger partial charge in [-0.15, -0.1) is 0 Å². The molecule has 0 aliphatic heterocycles. The van der Waals surface area contributed by atoms with Gasteiger partial charge in [0.25, 0.3) is 0 Å². The molecule has 0 bridgehead atoms. The summed E-state index contributed by atoms with van der Waals surface area (Å²) in [4.78, 5) is 23.4. The van der Waals surface area contributed by atoms with Gasteiger partial charge >= 0.3 is 0 Å². The third kappa shape index (κ3) is 4.73. The monoisotopic (exact) mass is 263 g/mol. The predicted octanol–water partition coefficient (Wildman–Crippen LogP) is 2.35. The summed E-state index contributed by atoms with van der Waals surface area (Å²) in [6.07, 6.45) is 0.439. The Bertz CT molecular complexity index is 466. The molecule has 4 heteroatoms. The molecule has 0 radical (unpaired) electrons. The second kappa shape index (κ2) is 6.92. The summed E-state index contributed by atoms with van der Waals surface area (Å²) < 4.78 is 5.14. The Morgan fingerprint density at radius 1 is 1.32 bits per heavy atom. The van der Waals surface area contributed by atoms with Crippen molar-refractivity contribution in [3.8, 4) is 5.75 Å².